The summed E-state index contributed by atoms with van der Waals surface area (Å²) in [5, 5.41) is 0. The summed E-state index contributed by atoms with van der Waals surface area (Å²) in [5.41, 5.74) is 1.49. The maximum Gasteiger partial charge on any atom is 0.313 e. The van der Waals surface area contributed by atoms with Gasteiger partial charge in [0.05, 0.1) is 5.92 Å². The predicted molar refractivity (Wildman–Crippen MR) is 96.7 cm³/mol. The van der Waals surface area contributed by atoms with Crippen LogP contribution in [0, 0.1) is 20.3 Å². The number of esters is 1. The van der Waals surface area contributed by atoms with E-state index >= 15 is 0 Å². The zero-order valence-electron chi connectivity index (χ0n) is 13.9. The van der Waals surface area contributed by atoms with E-state index in [0.717, 1.165) is 15.6 Å². The Morgan fingerprint density at radius 1 is 1.32 bits per heavy atom. The molecule has 120 valence electrons. The van der Waals surface area contributed by atoms with E-state index in [1.54, 1.807) is 0 Å². The van der Waals surface area contributed by atoms with Crippen LogP contribution in [0.25, 0.3) is 0 Å². The van der Waals surface area contributed by atoms with Crippen LogP contribution in [-0.2, 0) is 9.53 Å². The Morgan fingerprint density at radius 3 is 2.55 bits per heavy atom. The van der Waals surface area contributed by atoms with E-state index in [-0.39, 0.29) is 28.8 Å². The molecular weight excluding hydrogens is 387 g/mol. The van der Waals surface area contributed by atoms with Gasteiger partial charge in [-0.25, -0.2) is 0 Å². The highest BCUT2D eigenvalue weighted by Crippen LogP contribution is 2.66. The second kappa shape index (κ2) is 5.50. The van der Waals surface area contributed by atoms with Gasteiger partial charge >= 0.3 is 5.97 Å². The van der Waals surface area contributed by atoms with Gasteiger partial charge in [0.15, 0.2) is 0 Å². The van der Waals surface area contributed by atoms with E-state index in [9.17, 15) is 4.79 Å². The van der Waals surface area contributed by atoms with Crippen molar-refractivity contribution in [2.45, 2.75) is 59.0 Å². The summed E-state index contributed by atoms with van der Waals surface area (Å²) in [7, 11) is 0. The van der Waals surface area contributed by atoms with Crippen molar-refractivity contribution in [2.75, 3.05) is 0 Å². The monoisotopic (exact) mass is 412 g/mol. The van der Waals surface area contributed by atoms with Gasteiger partial charge < -0.3 is 4.74 Å². The molecule has 2 fully saturated rings. The van der Waals surface area contributed by atoms with Gasteiger partial charge in [0.25, 0.3) is 0 Å². The quantitative estimate of drug-likeness (QED) is 0.507. The molecule has 0 heterocycles. The van der Waals surface area contributed by atoms with Gasteiger partial charge in [-0.3, -0.25) is 4.79 Å². The molecule has 0 aliphatic heterocycles. The van der Waals surface area contributed by atoms with E-state index in [2.05, 4.69) is 43.4 Å². The maximum absolute atomic E-state index is 12.7. The lowest BCUT2D eigenvalue weighted by Crippen LogP contribution is -2.39. The lowest BCUT2D eigenvalue weighted by atomic mass is 9.70. The van der Waals surface area contributed by atoms with Gasteiger partial charge in [-0.05, 0) is 71.7 Å². The van der Waals surface area contributed by atoms with Crippen LogP contribution in [0.15, 0.2) is 24.3 Å². The molecule has 3 rings (SSSR count). The van der Waals surface area contributed by atoms with E-state index in [1.165, 1.54) is 12.8 Å². The predicted octanol–water partition coefficient (Wildman–Crippen LogP) is 5.15. The summed E-state index contributed by atoms with van der Waals surface area (Å²) in [5.74, 6) is 0.431. The lowest BCUT2D eigenvalue weighted by Gasteiger charge is -2.38. The van der Waals surface area contributed by atoms with Gasteiger partial charge in [-0.1, -0.05) is 39.0 Å². The normalized spacial score (nSPS) is 33.7. The fourth-order valence-electron chi connectivity index (χ4n) is 4.50. The van der Waals surface area contributed by atoms with Crippen molar-refractivity contribution < 1.29 is 9.53 Å². The number of hydrogen-bond donors (Lipinski definition) is 0. The maximum atomic E-state index is 12.7. The van der Waals surface area contributed by atoms with Crippen LogP contribution >= 0.6 is 22.6 Å². The molecular formula is C19H25IO2. The Balaban J connectivity index is 1.75. The Bertz CT molecular complexity index is 595. The Kier molecular flexibility index (Phi) is 4.07. The molecule has 0 saturated heterocycles. The summed E-state index contributed by atoms with van der Waals surface area (Å²) < 4.78 is 7.14. The topological polar surface area (TPSA) is 26.3 Å². The third-order valence-corrected chi connectivity index (χ3v) is 7.68. The molecule has 0 radical (unpaired) electrons. The Morgan fingerprint density at radius 2 is 2.00 bits per heavy atom. The molecule has 4 atom stereocenters. The number of carbonyl (C=O) groups is 1. The van der Waals surface area contributed by atoms with Crippen LogP contribution in [0.3, 0.4) is 0 Å². The standard InChI is InChI=1S/C19H25IO2/c1-12(14-7-5-6-8-15(14)20)17(21)22-16-11-13-9-10-19(16,4)18(13,2)3/h5-8,12-13,16H,9-11H2,1-4H3/t12-,13-,16+,19+/m0/s1. The van der Waals surface area contributed by atoms with Crippen molar-refractivity contribution in [1.82, 2.24) is 0 Å². The number of rotatable bonds is 3. The average Bonchev–Trinajstić information content (AvgIpc) is 2.80. The van der Waals surface area contributed by atoms with Crippen LogP contribution < -0.4 is 0 Å². The minimum absolute atomic E-state index is 0.0707. The van der Waals surface area contributed by atoms with Gasteiger partial charge in [-0.15, -0.1) is 0 Å². The number of halogens is 1. The molecule has 3 heteroatoms. The second-order valence-electron chi connectivity index (χ2n) is 7.78. The SMILES string of the molecule is C[C@H](C(=O)O[C@@H]1C[C@@H]2CC[C@@]1(C)C2(C)C)c1ccccc1I. The fourth-order valence-corrected chi connectivity index (χ4v) is 5.36. The van der Waals surface area contributed by atoms with Gasteiger partial charge in [-0.2, -0.15) is 0 Å². The third kappa shape index (κ3) is 2.31. The van der Waals surface area contributed by atoms with E-state index < -0.39 is 0 Å². The zero-order chi connectivity index (χ0) is 16.1. The number of fused-ring (bicyclic) bond motifs is 2. The molecule has 0 spiro atoms. The summed E-state index contributed by atoms with van der Waals surface area (Å²) >= 11 is 2.29. The molecule has 2 aliphatic carbocycles. The molecule has 2 nitrogen and oxygen atoms in total. The van der Waals surface area contributed by atoms with E-state index in [4.69, 9.17) is 4.74 Å². The van der Waals surface area contributed by atoms with Gasteiger partial charge in [0.2, 0.25) is 0 Å². The number of carbonyl (C=O) groups excluding carboxylic acids is 1. The zero-order valence-corrected chi connectivity index (χ0v) is 16.0. The van der Waals surface area contributed by atoms with Crippen LogP contribution in [-0.4, -0.2) is 12.1 Å². The summed E-state index contributed by atoms with van der Waals surface area (Å²) in [6.07, 6.45) is 3.58. The summed E-state index contributed by atoms with van der Waals surface area (Å²) in [6, 6.07) is 8.06. The largest absolute Gasteiger partial charge is 0.461 e. The van der Waals surface area contributed by atoms with E-state index in [0.29, 0.717) is 5.92 Å². The third-order valence-electron chi connectivity index (χ3n) is 6.70. The Hall–Kier alpha value is -0.580. The molecule has 2 bridgehead atoms. The fraction of sp³-hybridized carbons (Fsp3) is 0.632. The lowest BCUT2D eigenvalue weighted by molar-refractivity contribution is -0.158. The minimum Gasteiger partial charge on any atom is -0.461 e. The molecule has 0 aromatic heterocycles. The van der Waals surface area contributed by atoms with Crippen molar-refractivity contribution in [3.05, 3.63) is 33.4 Å². The molecule has 1 aromatic rings. The summed E-state index contributed by atoms with van der Waals surface area (Å²) in [6.45, 7) is 8.97. The van der Waals surface area contributed by atoms with Gasteiger partial charge in [0.1, 0.15) is 6.10 Å². The first-order chi connectivity index (χ1) is 10.3. The van der Waals surface area contributed by atoms with Crippen molar-refractivity contribution in [2.24, 2.45) is 16.7 Å². The number of hydrogen-bond acceptors (Lipinski definition) is 2. The Labute approximate surface area is 147 Å². The molecule has 2 aliphatic rings. The highest BCUT2D eigenvalue weighted by molar-refractivity contribution is 14.1. The molecule has 0 unspecified atom stereocenters. The van der Waals surface area contributed by atoms with Crippen molar-refractivity contribution in [1.29, 1.82) is 0 Å². The van der Waals surface area contributed by atoms with E-state index in [1.807, 2.05) is 31.2 Å². The smallest absolute Gasteiger partial charge is 0.313 e. The van der Waals surface area contributed by atoms with Crippen molar-refractivity contribution in [3.63, 3.8) is 0 Å². The van der Waals surface area contributed by atoms with Crippen molar-refractivity contribution in [3.8, 4) is 0 Å². The minimum atomic E-state index is -0.195. The number of ether oxygens (including phenoxy) is 1. The van der Waals surface area contributed by atoms with Gasteiger partial charge in [0, 0.05) is 8.99 Å². The van der Waals surface area contributed by atoms with Crippen molar-refractivity contribution >= 4 is 28.6 Å². The molecule has 0 amide bonds. The molecule has 1 aromatic carbocycles. The average molecular weight is 412 g/mol. The van der Waals surface area contributed by atoms with Crippen LogP contribution in [0.5, 0.6) is 0 Å². The first kappa shape index (κ1) is 16.3. The first-order valence-electron chi connectivity index (χ1n) is 8.22. The molecule has 2 saturated carbocycles. The second-order valence-corrected chi connectivity index (χ2v) is 8.94. The highest BCUT2D eigenvalue weighted by atomic mass is 127. The van der Waals surface area contributed by atoms with Crippen LogP contribution in [0.4, 0.5) is 0 Å². The van der Waals surface area contributed by atoms with Crippen LogP contribution in [0.1, 0.15) is 58.4 Å². The first-order valence-corrected chi connectivity index (χ1v) is 9.30. The summed E-state index contributed by atoms with van der Waals surface area (Å²) in [4.78, 5) is 12.7. The highest BCUT2D eigenvalue weighted by Gasteiger charge is 2.62. The van der Waals surface area contributed by atoms with Crippen LogP contribution in [0.2, 0.25) is 0 Å². The number of benzene rings is 1. The molecule has 0 N–H and O–H groups in total. The molecule has 22 heavy (non-hydrogen) atoms.